The zero-order valence-electron chi connectivity index (χ0n) is 11.2. The summed E-state index contributed by atoms with van der Waals surface area (Å²) >= 11 is 0. The zero-order chi connectivity index (χ0) is 12.9. The van der Waals surface area contributed by atoms with Crippen molar-refractivity contribution in [3.05, 3.63) is 30.1 Å². The van der Waals surface area contributed by atoms with Gasteiger partial charge in [-0.2, -0.15) is 0 Å². The summed E-state index contributed by atoms with van der Waals surface area (Å²) < 4.78 is 2.04. The molecular formula is C14H20N4. The molecule has 2 aromatic rings. The highest BCUT2D eigenvalue weighted by Crippen LogP contribution is 2.46. The fourth-order valence-corrected chi connectivity index (χ4v) is 2.89. The number of aryl methyl sites for hydroxylation is 1. The van der Waals surface area contributed by atoms with Gasteiger partial charge in [-0.15, -0.1) is 0 Å². The van der Waals surface area contributed by atoms with Crippen LogP contribution in [0.4, 0.5) is 0 Å². The summed E-state index contributed by atoms with van der Waals surface area (Å²) in [7, 11) is 6.21. The maximum atomic E-state index is 6.41. The van der Waals surface area contributed by atoms with Crippen LogP contribution in [-0.2, 0) is 7.05 Å². The van der Waals surface area contributed by atoms with E-state index in [1.807, 2.05) is 17.9 Å². The normalized spacial score (nSPS) is 19.4. The predicted molar refractivity (Wildman–Crippen MR) is 73.3 cm³/mol. The van der Waals surface area contributed by atoms with Crippen LogP contribution in [0.25, 0.3) is 11.0 Å². The largest absolute Gasteiger partial charge is 0.334 e. The van der Waals surface area contributed by atoms with Gasteiger partial charge in [0, 0.05) is 12.6 Å². The van der Waals surface area contributed by atoms with Crippen LogP contribution in [0.1, 0.15) is 24.4 Å². The highest BCUT2D eigenvalue weighted by atomic mass is 15.2. The molecule has 0 amide bonds. The molecule has 4 heteroatoms. The van der Waals surface area contributed by atoms with Crippen LogP contribution in [0.15, 0.2) is 24.5 Å². The maximum Gasteiger partial charge on any atom is 0.0955 e. The standard InChI is InChI=1S/C14H20N4/c1-17(2)13(14(15)6-7-14)10-4-5-12-11(8-10)16-9-18(12)3/h4-5,8-9,13H,6-7,15H2,1-3H3. The minimum Gasteiger partial charge on any atom is -0.334 e. The van der Waals surface area contributed by atoms with Gasteiger partial charge in [-0.1, -0.05) is 6.07 Å². The molecule has 1 aromatic carbocycles. The van der Waals surface area contributed by atoms with E-state index >= 15 is 0 Å². The van der Waals surface area contributed by atoms with Crippen LogP contribution in [0.2, 0.25) is 0 Å². The number of fused-ring (bicyclic) bond motifs is 1. The summed E-state index contributed by atoms with van der Waals surface area (Å²) in [5.74, 6) is 0. The van der Waals surface area contributed by atoms with Crippen LogP contribution < -0.4 is 5.73 Å². The molecule has 4 nitrogen and oxygen atoms in total. The number of likely N-dealkylation sites (N-methyl/N-ethyl adjacent to an activating group) is 1. The second kappa shape index (κ2) is 3.80. The molecule has 0 bridgehead atoms. The third kappa shape index (κ3) is 1.72. The van der Waals surface area contributed by atoms with E-state index in [-0.39, 0.29) is 11.6 Å². The Balaban J connectivity index is 2.06. The second-order valence-electron chi connectivity index (χ2n) is 5.70. The molecule has 1 heterocycles. The molecule has 1 atom stereocenters. The summed E-state index contributed by atoms with van der Waals surface area (Å²) in [6, 6.07) is 6.78. The smallest absolute Gasteiger partial charge is 0.0955 e. The van der Waals surface area contributed by atoms with Crippen LogP contribution >= 0.6 is 0 Å². The lowest BCUT2D eigenvalue weighted by Crippen LogP contribution is -2.39. The van der Waals surface area contributed by atoms with Gasteiger partial charge in [0.05, 0.1) is 23.4 Å². The van der Waals surface area contributed by atoms with Gasteiger partial charge in [0.1, 0.15) is 0 Å². The van der Waals surface area contributed by atoms with E-state index in [0.29, 0.717) is 0 Å². The van der Waals surface area contributed by atoms with E-state index in [1.165, 1.54) is 5.56 Å². The van der Waals surface area contributed by atoms with E-state index in [4.69, 9.17) is 5.73 Å². The molecule has 1 unspecified atom stereocenters. The average Bonchev–Trinajstić information content (AvgIpc) is 2.93. The molecule has 1 aromatic heterocycles. The Labute approximate surface area is 107 Å². The van der Waals surface area contributed by atoms with E-state index in [0.717, 1.165) is 23.9 Å². The molecule has 1 aliphatic carbocycles. The molecule has 1 saturated carbocycles. The van der Waals surface area contributed by atoms with Crippen molar-refractivity contribution in [3.8, 4) is 0 Å². The third-order valence-electron chi connectivity index (χ3n) is 3.95. The highest BCUT2D eigenvalue weighted by Gasteiger charge is 2.47. The Morgan fingerprint density at radius 1 is 1.39 bits per heavy atom. The first kappa shape index (κ1) is 11.7. The van der Waals surface area contributed by atoms with Gasteiger partial charge in [0.25, 0.3) is 0 Å². The zero-order valence-corrected chi connectivity index (χ0v) is 11.2. The second-order valence-corrected chi connectivity index (χ2v) is 5.70. The first-order valence-electron chi connectivity index (χ1n) is 6.37. The van der Waals surface area contributed by atoms with Gasteiger partial charge in [0.2, 0.25) is 0 Å². The number of nitrogens with two attached hydrogens (primary N) is 1. The first-order valence-corrected chi connectivity index (χ1v) is 6.37. The van der Waals surface area contributed by atoms with Crippen LogP contribution in [0, 0.1) is 0 Å². The minimum absolute atomic E-state index is 0.0496. The fourth-order valence-electron chi connectivity index (χ4n) is 2.89. The van der Waals surface area contributed by atoms with Crippen molar-refractivity contribution in [3.63, 3.8) is 0 Å². The van der Waals surface area contributed by atoms with Crippen molar-refractivity contribution < 1.29 is 0 Å². The lowest BCUT2D eigenvalue weighted by molar-refractivity contribution is 0.246. The Morgan fingerprint density at radius 2 is 2.11 bits per heavy atom. The van der Waals surface area contributed by atoms with Gasteiger partial charge in [-0.05, 0) is 44.6 Å². The van der Waals surface area contributed by atoms with E-state index in [9.17, 15) is 0 Å². The molecule has 3 rings (SSSR count). The van der Waals surface area contributed by atoms with Crippen molar-refractivity contribution in [2.24, 2.45) is 12.8 Å². The Bertz CT molecular complexity index is 580. The van der Waals surface area contributed by atoms with Gasteiger partial charge in [-0.3, -0.25) is 0 Å². The summed E-state index contributed by atoms with van der Waals surface area (Å²) in [6.07, 6.45) is 4.07. The van der Waals surface area contributed by atoms with E-state index in [2.05, 4.69) is 42.2 Å². The van der Waals surface area contributed by atoms with Crippen molar-refractivity contribution in [1.82, 2.24) is 14.5 Å². The quantitative estimate of drug-likeness (QED) is 0.893. The molecule has 18 heavy (non-hydrogen) atoms. The predicted octanol–water partition coefficient (Wildman–Crippen LogP) is 1.67. The van der Waals surface area contributed by atoms with Crippen molar-refractivity contribution in [1.29, 1.82) is 0 Å². The van der Waals surface area contributed by atoms with Crippen LogP contribution in [0.5, 0.6) is 0 Å². The summed E-state index contributed by atoms with van der Waals surface area (Å²) in [4.78, 5) is 6.65. The SMILES string of the molecule is CN(C)C(c1ccc2c(c1)ncn2C)C1(N)CC1. The number of imidazole rings is 1. The summed E-state index contributed by atoms with van der Waals surface area (Å²) in [5.41, 5.74) is 9.84. The maximum absolute atomic E-state index is 6.41. The van der Waals surface area contributed by atoms with Crippen LogP contribution in [0.3, 0.4) is 0 Å². The number of aromatic nitrogens is 2. The number of hydrogen-bond donors (Lipinski definition) is 1. The Kier molecular flexibility index (Phi) is 2.47. The lowest BCUT2D eigenvalue weighted by Gasteiger charge is -2.30. The van der Waals surface area contributed by atoms with Gasteiger partial charge < -0.3 is 15.2 Å². The molecule has 1 fully saturated rings. The summed E-state index contributed by atoms with van der Waals surface area (Å²) in [5, 5.41) is 0. The molecule has 2 N–H and O–H groups in total. The Hall–Kier alpha value is -1.39. The average molecular weight is 244 g/mol. The Morgan fingerprint density at radius 3 is 2.72 bits per heavy atom. The van der Waals surface area contributed by atoms with E-state index < -0.39 is 0 Å². The van der Waals surface area contributed by atoms with Gasteiger partial charge >= 0.3 is 0 Å². The van der Waals surface area contributed by atoms with Crippen LogP contribution in [-0.4, -0.2) is 34.1 Å². The number of hydrogen-bond acceptors (Lipinski definition) is 3. The van der Waals surface area contributed by atoms with Crippen molar-refractivity contribution >= 4 is 11.0 Å². The van der Waals surface area contributed by atoms with Gasteiger partial charge in [0.15, 0.2) is 0 Å². The topological polar surface area (TPSA) is 47.1 Å². The van der Waals surface area contributed by atoms with Crippen molar-refractivity contribution in [2.75, 3.05) is 14.1 Å². The monoisotopic (exact) mass is 244 g/mol. The molecule has 96 valence electrons. The molecule has 0 spiro atoms. The fraction of sp³-hybridized carbons (Fsp3) is 0.500. The molecular weight excluding hydrogens is 224 g/mol. The van der Waals surface area contributed by atoms with Gasteiger partial charge in [-0.25, -0.2) is 4.98 Å². The molecule has 0 aliphatic heterocycles. The molecule has 0 radical (unpaired) electrons. The molecule has 1 aliphatic rings. The minimum atomic E-state index is -0.0496. The number of nitrogens with zero attached hydrogens (tertiary/aromatic N) is 3. The first-order chi connectivity index (χ1) is 8.51. The lowest BCUT2D eigenvalue weighted by atomic mass is 9.96. The van der Waals surface area contributed by atoms with Crippen molar-refractivity contribution in [2.45, 2.75) is 24.4 Å². The number of benzene rings is 1. The number of rotatable bonds is 3. The third-order valence-corrected chi connectivity index (χ3v) is 3.95. The molecule has 0 saturated heterocycles. The highest BCUT2D eigenvalue weighted by molar-refractivity contribution is 5.76. The van der Waals surface area contributed by atoms with E-state index in [1.54, 1.807) is 0 Å². The summed E-state index contributed by atoms with van der Waals surface area (Å²) in [6.45, 7) is 0.